The predicted molar refractivity (Wildman–Crippen MR) is 112 cm³/mol. The summed E-state index contributed by atoms with van der Waals surface area (Å²) in [5, 5.41) is 9.38. The van der Waals surface area contributed by atoms with E-state index in [2.05, 4.69) is 40.0 Å². The maximum atomic E-state index is 11.8. The Kier molecular flexibility index (Phi) is 10.7. The molecular weight excluding hydrogens is 415 g/mol. The Balaban J connectivity index is 0.00000529. The first-order valence-electron chi connectivity index (χ1n) is 8.19. The number of hydrogen-bond donors (Lipinski definition) is 3. The van der Waals surface area contributed by atoms with Crippen LogP contribution in [0.1, 0.15) is 38.8 Å². The van der Waals surface area contributed by atoms with Gasteiger partial charge in [-0.2, -0.15) is 0 Å². The van der Waals surface area contributed by atoms with Gasteiger partial charge >= 0.3 is 0 Å². The van der Waals surface area contributed by atoms with E-state index in [0.717, 1.165) is 12.5 Å². The molecule has 0 fully saturated rings. The Labute approximate surface area is 163 Å². The van der Waals surface area contributed by atoms with Crippen molar-refractivity contribution < 1.29 is 4.79 Å². The highest BCUT2D eigenvalue weighted by atomic mass is 127. The molecule has 0 atom stereocenters. The van der Waals surface area contributed by atoms with Crippen molar-refractivity contribution in [1.29, 1.82) is 0 Å². The maximum absolute atomic E-state index is 11.8. The van der Waals surface area contributed by atoms with Crippen LogP contribution in [0.4, 0.5) is 0 Å². The molecule has 0 aliphatic heterocycles. The lowest BCUT2D eigenvalue weighted by Gasteiger charge is -2.18. The molecule has 136 valence electrons. The molecule has 1 rings (SSSR count). The molecule has 0 bridgehead atoms. The quantitative estimate of drug-likeness (QED) is 0.273. The fourth-order valence-electron chi connectivity index (χ4n) is 1.92. The second-order valence-corrected chi connectivity index (χ2v) is 6.55. The number of benzene rings is 1. The molecule has 5 nitrogen and oxygen atoms in total. The molecule has 0 spiro atoms. The number of nitrogens with one attached hydrogen (secondary N) is 3. The van der Waals surface area contributed by atoms with E-state index in [-0.39, 0.29) is 35.3 Å². The lowest BCUT2D eigenvalue weighted by molar-refractivity contribution is -0.128. The van der Waals surface area contributed by atoms with Crippen LogP contribution >= 0.6 is 24.0 Å². The maximum Gasteiger partial charge on any atom is 0.225 e. The molecule has 0 aromatic heterocycles. The predicted octanol–water partition coefficient (Wildman–Crippen LogP) is 2.83. The van der Waals surface area contributed by atoms with Crippen LogP contribution in [0.2, 0.25) is 0 Å². The lowest BCUT2D eigenvalue weighted by Crippen LogP contribution is -2.43. The first-order chi connectivity index (χ1) is 10.8. The lowest BCUT2D eigenvalue weighted by atomic mass is 9.96. The van der Waals surface area contributed by atoms with Gasteiger partial charge in [-0.05, 0) is 25.0 Å². The van der Waals surface area contributed by atoms with Crippen molar-refractivity contribution in [3.8, 4) is 0 Å². The van der Waals surface area contributed by atoms with Crippen molar-refractivity contribution in [3.05, 3.63) is 35.4 Å². The first kappa shape index (κ1) is 22.7. The third-order valence-corrected chi connectivity index (χ3v) is 3.40. The molecule has 0 heterocycles. The highest BCUT2D eigenvalue weighted by Gasteiger charge is 2.20. The van der Waals surface area contributed by atoms with Crippen LogP contribution in [0, 0.1) is 12.3 Å². The Bertz CT molecular complexity index is 538. The third kappa shape index (κ3) is 8.52. The van der Waals surface area contributed by atoms with E-state index in [1.54, 1.807) is 0 Å². The smallest absolute Gasteiger partial charge is 0.225 e. The summed E-state index contributed by atoms with van der Waals surface area (Å²) in [6, 6.07) is 8.24. The van der Waals surface area contributed by atoms with Gasteiger partial charge in [-0.25, -0.2) is 4.99 Å². The third-order valence-electron chi connectivity index (χ3n) is 3.40. The molecule has 24 heavy (non-hydrogen) atoms. The first-order valence-corrected chi connectivity index (χ1v) is 8.19. The summed E-state index contributed by atoms with van der Waals surface area (Å²) in [4.78, 5) is 16.4. The standard InChI is InChI=1S/C18H30N4O.HI/c1-6-19-17(21-12-11-20-16(23)18(3,4)5)22-13-15-10-8-7-9-14(15)2;/h7-10H,6,11-13H2,1-5H3,(H,20,23)(H2,19,21,22);1H. The number of carbonyl (C=O) groups is 1. The molecule has 1 aromatic rings. The minimum Gasteiger partial charge on any atom is -0.357 e. The second-order valence-electron chi connectivity index (χ2n) is 6.55. The largest absolute Gasteiger partial charge is 0.357 e. The molecule has 0 unspecified atom stereocenters. The molecule has 1 aromatic carbocycles. The van der Waals surface area contributed by atoms with E-state index in [1.165, 1.54) is 11.1 Å². The van der Waals surface area contributed by atoms with Crippen LogP contribution in [0.25, 0.3) is 0 Å². The van der Waals surface area contributed by atoms with Crippen molar-refractivity contribution in [1.82, 2.24) is 16.0 Å². The summed E-state index contributed by atoms with van der Waals surface area (Å²) >= 11 is 0. The Hall–Kier alpha value is -1.31. The van der Waals surface area contributed by atoms with Crippen molar-refractivity contribution in [2.45, 2.75) is 41.2 Å². The second kappa shape index (κ2) is 11.3. The minimum absolute atomic E-state index is 0. The van der Waals surface area contributed by atoms with Crippen LogP contribution in [-0.2, 0) is 11.3 Å². The van der Waals surface area contributed by atoms with Crippen LogP contribution in [0.15, 0.2) is 29.3 Å². The topological polar surface area (TPSA) is 65.5 Å². The van der Waals surface area contributed by atoms with E-state index >= 15 is 0 Å². The number of nitrogens with zero attached hydrogens (tertiary/aromatic N) is 1. The summed E-state index contributed by atoms with van der Waals surface area (Å²) in [6.07, 6.45) is 0. The molecule has 0 aliphatic rings. The number of aliphatic imine (C=N–C) groups is 1. The van der Waals surface area contributed by atoms with Gasteiger partial charge in [0.15, 0.2) is 5.96 Å². The monoisotopic (exact) mass is 446 g/mol. The summed E-state index contributed by atoms with van der Waals surface area (Å²) in [7, 11) is 0. The zero-order chi connectivity index (χ0) is 17.3. The van der Waals surface area contributed by atoms with Crippen molar-refractivity contribution in [2.24, 2.45) is 10.4 Å². The number of carbonyl (C=O) groups excluding carboxylic acids is 1. The summed E-state index contributed by atoms with van der Waals surface area (Å²) in [5.41, 5.74) is 2.10. The van der Waals surface area contributed by atoms with Crippen LogP contribution in [0.5, 0.6) is 0 Å². The van der Waals surface area contributed by atoms with E-state index < -0.39 is 0 Å². The average molecular weight is 446 g/mol. The molecule has 0 radical (unpaired) electrons. The van der Waals surface area contributed by atoms with Crippen LogP contribution in [-0.4, -0.2) is 31.5 Å². The van der Waals surface area contributed by atoms with Gasteiger partial charge in [0, 0.05) is 25.0 Å². The van der Waals surface area contributed by atoms with Crippen LogP contribution in [0.3, 0.4) is 0 Å². The number of aryl methyl sites for hydroxylation is 1. The van der Waals surface area contributed by atoms with Crippen molar-refractivity contribution >= 4 is 35.8 Å². The van der Waals surface area contributed by atoms with E-state index in [1.807, 2.05) is 39.8 Å². The van der Waals surface area contributed by atoms with Gasteiger partial charge < -0.3 is 16.0 Å². The van der Waals surface area contributed by atoms with Gasteiger partial charge in [-0.1, -0.05) is 45.0 Å². The number of hydrogen-bond acceptors (Lipinski definition) is 2. The molecule has 0 saturated heterocycles. The molecule has 1 amide bonds. The van der Waals surface area contributed by atoms with E-state index in [4.69, 9.17) is 0 Å². The number of rotatable bonds is 6. The van der Waals surface area contributed by atoms with Gasteiger partial charge in [-0.3, -0.25) is 4.79 Å². The van der Waals surface area contributed by atoms with Gasteiger partial charge in [0.05, 0.1) is 6.54 Å². The summed E-state index contributed by atoms with van der Waals surface area (Å²) in [5.74, 6) is 0.821. The number of guanidine groups is 1. The van der Waals surface area contributed by atoms with Crippen molar-refractivity contribution in [3.63, 3.8) is 0 Å². The van der Waals surface area contributed by atoms with Crippen LogP contribution < -0.4 is 16.0 Å². The minimum atomic E-state index is -0.358. The normalized spacial score (nSPS) is 11.5. The molecule has 0 saturated carbocycles. The molecule has 3 N–H and O–H groups in total. The fourth-order valence-corrected chi connectivity index (χ4v) is 1.92. The number of amides is 1. The molecule has 0 aliphatic carbocycles. The summed E-state index contributed by atoms with van der Waals surface area (Å²) in [6.45, 7) is 12.5. The Morgan fingerprint density at radius 2 is 1.71 bits per heavy atom. The zero-order valence-electron chi connectivity index (χ0n) is 15.4. The van der Waals surface area contributed by atoms with E-state index in [0.29, 0.717) is 19.6 Å². The highest BCUT2D eigenvalue weighted by molar-refractivity contribution is 14.0. The Morgan fingerprint density at radius 3 is 2.29 bits per heavy atom. The van der Waals surface area contributed by atoms with E-state index in [9.17, 15) is 4.79 Å². The molecule has 6 heteroatoms. The highest BCUT2D eigenvalue weighted by Crippen LogP contribution is 2.11. The number of halogens is 1. The Morgan fingerprint density at radius 1 is 1.08 bits per heavy atom. The average Bonchev–Trinajstić information content (AvgIpc) is 2.49. The van der Waals surface area contributed by atoms with Gasteiger partial charge in [-0.15, -0.1) is 24.0 Å². The van der Waals surface area contributed by atoms with Gasteiger partial charge in [0.2, 0.25) is 5.91 Å². The van der Waals surface area contributed by atoms with Gasteiger partial charge in [0.1, 0.15) is 0 Å². The summed E-state index contributed by atoms with van der Waals surface area (Å²) < 4.78 is 0. The molecular formula is C18H31IN4O. The fraction of sp³-hybridized carbons (Fsp3) is 0.556. The SMILES string of the molecule is CCNC(=NCc1ccccc1C)NCCNC(=O)C(C)(C)C.I. The van der Waals surface area contributed by atoms with Gasteiger partial charge in [0.25, 0.3) is 0 Å². The zero-order valence-corrected chi connectivity index (χ0v) is 17.7. The van der Waals surface area contributed by atoms with Crippen molar-refractivity contribution in [2.75, 3.05) is 19.6 Å².